The van der Waals surface area contributed by atoms with E-state index in [9.17, 15) is 0 Å². The minimum absolute atomic E-state index is 0.298. The molecule has 0 spiro atoms. The van der Waals surface area contributed by atoms with Crippen LogP contribution in [0.4, 0.5) is 0 Å². The van der Waals surface area contributed by atoms with Gasteiger partial charge in [0.1, 0.15) is 0 Å². The van der Waals surface area contributed by atoms with E-state index < -0.39 is 0 Å². The van der Waals surface area contributed by atoms with E-state index in [4.69, 9.17) is 4.98 Å². The van der Waals surface area contributed by atoms with E-state index in [1.54, 1.807) is 0 Å². The Bertz CT molecular complexity index is 2060. The summed E-state index contributed by atoms with van der Waals surface area (Å²) in [5.41, 5.74) is 11.8. The molecule has 0 N–H and O–H groups in total. The summed E-state index contributed by atoms with van der Waals surface area (Å²) in [7, 11) is 0. The van der Waals surface area contributed by atoms with Gasteiger partial charge in [-0.25, -0.2) is 0 Å². The van der Waals surface area contributed by atoms with Gasteiger partial charge in [-0.05, 0) is 70.7 Å². The van der Waals surface area contributed by atoms with E-state index in [1.807, 2.05) is 17.5 Å². The second kappa shape index (κ2) is 6.71. The third kappa shape index (κ3) is 2.34. The number of hydrogen-bond acceptors (Lipinski definition) is 2. The van der Waals surface area contributed by atoms with Crippen LogP contribution in [0.5, 0.6) is 0 Å². The monoisotopic (exact) mass is 476 g/mol. The maximum atomic E-state index is 4.88. The Balaban J connectivity index is 1.38. The molecule has 0 bridgehead atoms. The van der Waals surface area contributed by atoms with Crippen molar-refractivity contribution in [1.29, 1.82) is 0 Å². The largest absolute Gasteiger partial charge is 0.307 e. The highest BCUT2D eigenvalue weighted by molar-refractivity contribution is 7.25. The van der Waals surface area contributed by atoms with Crippen molar-refractivity contribution in [2.75, 3.05) is 0 Å². The number of allylic oxidation sites excluding steroid dienone is 14. The van der Waals surface area contributed by atoms with Gasteiger partial charge in [-0.3, -0.25) is 4.98 Å². The third-order valence-electron chi connectivity index (χ3n) is 8.13. The molecule has 3 aromatic heterocycles. The summed E-state index contributed by atoms with van der Waals surface area (Å²) in [6.45, 7) is 0. The molecule has 0 saturated heterocycles. The van der Waals surface area contributed by atoms with Crippen LogP contribution in [0, 0.1) is 5.92 Å². The lowest BCUT2D eigenvalue weighted by Crippen LogP contribution is -2.23. The van der Waals surface area contributed by atoms with Crippen molar-refractivity contribution in [2.45, 2.75) is 6.42 Å². The Morgan fingerprint density at radius 2 is 1.78 bits per heavy atom. The van der Waals surface area contributed by atoms with Gasteiger partial charge < -0.3 is 4.57 Å². The van der Waals surface area contributed by atoms with Gasteiger partial charge in [-0.1, -0.05) is 60.7 Å². The minimum atomic E-state index is 0.298. The molecule has 168 valence electrons. The topological polar surface area (TPSA) is 17.8 Å². The number of thiophene rings is 1. The van der Waals surface area contributed by atoms with Crippen molar-refractivity contribution in [3.63, 3.8) is 0 Å². The van der Waals surface area contributed by atoms with Crippen LogP contribution in [0.1, 0.15) is 6.42 Å². The zero-order valence-electron chi connectivity index (χ0n) is 19.4. The lowest BCUT2D eigenvalue weighted by Gasteiger charge is -2.37. The summed E-state index contributed by atoms with van der Waals surface area (Å²) in [6.07, 6.45) is 21.4. The summed E-state index contributed by atoms with van der Waals surface area (Å²) >= 11 is 1.88. The number of fused-ring (bicyclic) bond motifs is 6. The molecule has 0 aliphatic heterocycles. The molecule has 2 aromatic carbocycles. The Kier molecular flexibility index (Phi) is 3.55. The van der Waals surface area contributed by atoms with Crippen LogP contribution in [0.2, 0.25) is 0 Å². The van der Waals surface area contributed by atoms with E-state index >= 15 is 0 Å². The summed E-state index contributed by atoms with van der Waals surface area (Å²) < 4.78 is 5.11. The van der Waals surface area contributed by atoms with Gasteiger partial charge in [0, 0.05) is 37.7 Å². The van der Waals surface area contributed by atoms with Gasteiger partial charge in [0.15, 0.2) is 0 Å². The van der Waals surface area contributed by atoms with Crippen molar-refractivity contribution < 1.29 is 0 Å². The number of aromatic nitrogens is 2. The van der Waals surface area contributed by atoms with Crippen LogP contribution < -0.4 is 0 Å². The van der Waals surface area contributed by atoms with E-state index in [0.29, 0.717) is 5.92 Å². The fraction of sp³-hybridized carbons (Fsp3) is 0.0606. The minimum Gasteiger partial charge on any atom is -0.307 e. The molecule has 0 fully saturated rings. The molecule has 1 unspecified atom stereocenters. The lowest BCUT2D eigenvalue weighted by atomic mass is 9.68. The third-order valence-corrected chi connectivity index (χ3v) is 9.27. The molecule has 36 heavy (non-hydrogen) atoms. The lowest BCUT2D eigenvalue weighted by molar-refractivity contribution is 0.825. The maximum absolute atomic E-state index is 4.88. The molecule has 2 nitrogen and oxygen atoms in total. The number of pyridine rings is 1. The van der Waals surface area contributed by atoms with Crippen LogP contribution in [-0.4, -0.2) is 9.55 Å². The predicted molar refractivity (Wildman–Crippen MR) is 152 cm³/mol. The number of hydrogen-bond donors (Lipinski definition) is 0. The van der Waals surface area contributed by atoms with Gasteiger partial charge in [0.25, 0.3) is 0 Å². The van der Waals surface area contributed by atoms with Crippen LogP contribution in [0.3, 0.4) is 0 Å². The first-order valence-corrected chi connectivity index (χ1v) is 13.3. The molecule has 0 amide bonds. The zero-order valence-corrected chi connectivity index (χ0v) is 20.2. The van der Waals surface area contributed by atoms with Crippen LogP contribution in [-0.2, 0) is 0 Å². The first-order chi connectivity index (χ1) is 17.8. The normalized spacial score (nSPS) is 20.2. The quantitative estimate of drug-likeness (QED) is 0.237. The number of rotatable bonds is 1. The first-order valence-electron chi connectivity index (χ1n) is 12.5. The van der Waals surface area contributed by atoms with Crippen molar-refractivity contribution in [3.8, 4) is 0 Å². The first kappa shape index (κ1) is 19.0. The molecular formula is C33H20N2S. The Labute approximate surface area is 211 Å². The van der Waals surface area contributed by atoms with Crippen molar-refractivity contribution in [3.05, 3.63) is 131 Å². The van der Waals surface area contributed by atoms with Crippen molar-refractivity contribution in [1.82, 2.24) is 9.55 Å². The van der Waals surface area contributed by atoms with Crippen molar-refractivity contribution in [2.24, 2.45) is 5.92 Å². The second-order valence-corrected chi connectivity index (χ2v) is 11.0. The molecule has 0 radical (unpaired) electrons. The second-order valence-electron chi connectivity index (χ2n) is 9.94. The zero-order chi connectivity index (χ0) is 23.4. The summed E-state index contributed by atoms with van der Waals surface area (Å²) in [6, 6.07) is 17.8. The highest BCUT2D eigenvalue weighted by Crippen LogP contribution is 2.51. The highest BCUT2D eigenvalue weighted by Gasteiger charge is 2.35. The predicted octanol–water partition coefficient (Wildman–Crippen LogP) is 8.65. The van der Waals surface area contributed by atoms with E-state index in [1.165, 1.54) is 64.6 Å². The molecule has 1 atom stereocenters. The summed E-state index contributed by atoms with van der Waals surface area (Å²) in [5, 5.41) is 3.86. The SMILES string of the molecule is C1=CC2=C3C(=CC=C4C(n5c6cc7sc8ccccc8c7cc6c6ncccc65)=CC=C(C=C2)C43)C1. The van der Waals surface area contributed by atoms with Gasteiger partial charge in [0.2, 0.25) is 0 Å². The molecule has 0 saturated carbocycles. The highest BCUT2D eigenvalue weighted by atomic mass is 32.1. The molecular weight excluding hydrogens is 456 g/mol. The van der Waals surface area contributed by atoms with Crippen LogP contribution in [0.15, 0.2) is 131 Å². The number of nitrogens with zero attached hydrogens (tertiary/aromatic N) is 2. The summed E-state index contributed by atoms with van der Waals surface area (Å²) in [4.78, 5) is 4.88. The van der Waals surface area contributed by atoms with Gasteiger partial charge in [0.05, 0.1) is 22.2 Å². The Morgan fingerprint density at radius 3 is 2.78 bits per heavy atom. The molecule has 9 rings (SSSR count). The fourth-order valence-electron chi connectivity index (χ4n) is 6.59. The Morgan fingerprint density at radius 1 is 0.806 bits per heavy atom. The summed E-state index contributed by atoms with van der Waals surface area (Å²) in [5.74, 6) is 0.298. The molecule has 5 aromatic rings. The van der Waals surface area contributed by atoms with E-state index in [0.717, 1.165) is 17.5 Å². The fourth-order valence-corrected chi connectivity index (χ4v) is 7.71. The van der Waals surface area contributed by atoms with Gasteiger partial charge in [-0.2, -0.15) is 0 Å². The smallest absolute Gasteiger partial charge is 0.0963 e. The van der Waals surface area contributed by atoms with Gasteiger partial charge in [-0.15, -0.1) is 11.3 Å². The maximum Gasteiger partial charge on any atom is 0.0963 e. The molecule has 4 aliphatic rings. The van der Waals surface area contributed by atoms with Crippen molar-refractivity contribution >= 4 is 59.1 Å². The van der Waals surface area contributed by atoms with E-state index in [-0.39, 0.29) is 0 Å². The van der Waals surface area contributed by atoms with Gasteiger partial charge >= 0.3 is 0 Å². The Hall–Kier alpha value is -4.21. The molecule has 3 heteroatoms. The number of benzene rings is 2. The standard InChI is InChI=1S/C33H20N2S/c1-2-9-29-22(7-1)24-17-25-28(18-30(24)36-29)35(27-8-4-16-34-33(25)27)26-15-13-21-11-10-19-5-3-6-20-12-14-23(26)32(21)31(19)20/h1-5,7-18,32H,6H2. The van der Waals surface area contributed by atoms with Crippen LogP contribution in [0.25, 0.3) is 47.8 Å². The van der Waals surface area contributed by atoms with E-state index in [2.05, 4.69) is 102 Å². The van der Waals surface area contributed by atoms with Crippen LogP contribution >= 0.6 is 11.3 Å². The average molecular weight is 477 g/mol. The molecule has 4 aliphatic carbocycles. The average Bonchev–Trinajstić information content (AvgIpc) is 3.45. The molecule has 3 heterocycles.